The highest BCUT2D eigenvalue weighted by atomic mass is 19.1. The molecular weight excluding hydrogens is 422 g/mol. The number of halogens is 2. The number of fused-ring (bicyclic) bond motifs is 1. The number of aromatic nitrogens is 2. The molecule has 1 aromatic carbocycles. The van der Waals surface area contributed by atoms with E-state index in [0.717, 1.165) is 60.8 Å². The van der Waals surface area contributed by atoms with Gasteiger partial charge >= 0.3 is 0 Å². The summed E-state index contributed by atoms with van der Waals surface area (Å²) in [6.45, 7) is 0.619. The number of nitrogens with zero attached hydrogens (tertiary/aromatic N) is 2. The zero-order valence-electron chi connectivity index (χ0n) is 18.8. The van der Waals surface area contributed by atoms with Gasteiger partial charge in [-0.2, -0.15) is 0 Å². The highest BCUT2D eigenvalue weighted by Gasteiger charge is 2.26. The van der Waals surface area contributed by atoms with E-state index in [1.54, 1.807) is 13.2 Å². The molecule has 1 aliphatic carbocycles. The Labute approximate surface area is 193 Å². The normalized spacial score (nSPS) is 19.8. The molecule has 3 N–H and O–H groups in total. The first kappa shape index (κ1) is 23.3. The summed E-state index contributed by atoms with van der Waals surface area (Å²) < 4.78 is 32.2. The summed E-state index contributed by atoms with van der Waals surface area (Å²) in [5, 5.41) is 3.50. The van der Waals surface area contributed by atoms with Gasteiger partial charge in [0.05, 0.1) is 18.1 Å². The SMILES string of the molecule is COc1ccc2nccc(CC(N)C3CCC(NC/C=C/c4cc(F)ccc4F)CC3)c2n1. The molecule has 3 aromatic rings. The summed E-state index contributed by atoms with van der Waals surface area (Å²) >= 11 is 0. The lowest BCUT2D eigenvalue weighted by Crippen LogP contribution is -2.39. The summed E-state index contributed by atoms with van der Waals surface area (Å²) in [5.41, 5.74) is 9.69. The standard InChI is InChI=1S/C26H30F2N4O/c1-33-25-11-10-24-26(32-25)19(12-14-31-24)16-23(29)17-4-7-21(8-5-17)30-13-2-3-18-15-20(27)6-9-22(18)28/h2-3,6,9-12,14-15,17,21,23,30H,4-5,7-8,13,16,29H2,1H3/b3-2+. The molecule has 1 saturated carbocycles. The Bertz CT molecular complexity index is 1110. The lowest BCUT2D eigenvalue weighted by Gasteiger charge is -2.32. The quantitative estimate of drug-likeness (QED) is 0.521. The van der Waals surface area contributed by atoms with Crippen LogP contribution < -0.4 is 15.8 Å². The maximum absolute atomic E-state index is 13.7. The summed E-state index contributed by atoms with van der Waals surface area (Å²) in [5.74, 6) is 0.172. The van der Waals surface area contributed by atoms with Crippen molar-refractivity contribution in [1.29, 1.82) is 0 Å². The third kappa shape index (κ3) is 5.92. The van der Waals surface area contributed by atoms with Gasteiger partial charge in [-0.05, 0) is 73.9 Å². The second-order valence-electron chi connectivity index (χ2n) is 8.65. The minimum atomic E-state index is -0.437. The summed E-state index contributed by atoms with van der Waals surface area (Å²) in [4.78, 5) is 8.98. The minimum absolute atomic E-state index is 0.0559. The van der Waals surface area contributed by atoms with Gasteiger partial charge in [-0.3, -0.25) is 4.98 Å². The third-order valence-electron chi connectivity index (χ3n) is 6.46. The van der Waals surface area contributed by atoms with Crippen LogP contribution in [0, 0.1) is 17.6 Å². The van der Waals surface area contributed by atoms with E-state index in [-0.39, 0.29) is 11.6 Å². The highest BCUT2D eigenvalue weighted by molar-refractivity contribution is 5.78. The van der Waals surface area contributed by atoms with Crippen molar-refractivity contribution >= 4 is 17.1 Å². The Morgan fingerprint density at radius 1 is 1.15 bits per heavy atom. The number of nitrogens with one attached hydrogen (secondary N) is 1. The van der Waals surface area contributed by atoms with Crippen molar-refractivity contribution in [2.24, 2.45) is 11.7 Å². The zero-order chi connectivity index (χ0) is 23.2. The van der Waals surface area contributed by atoms with Crippen LogP contribution in [0.5, 0.6) is 5.88 Å². The minimum Gasteiger partial charge on any atom is -0.481 e. The number of rotatable bonds is 8. The van der Waals surface area contributed by atoms with Crippen LogP contribution in [-0.4, -0.2) is 35.7 Å². The Hall–Kier alpha value is -2.90. The molecule has 4 rings (SSSR count). The molecule has 0 aliphatic heterocycles. The molecule has 7 heteroatoms. The van der Waals surface area contributed by atoms with E-state index >= 15 is 0 Å². The van der Waals surface area contributed by atoms with E-state index in [1.807, 2.05) is 30.5 Å². The molecule has 0 saturated heterocycles. The van der Waals surface area contributed by atoms with Crippen molar-refractivity contribution < 1.29 is 13.5 Å². The first-order valence-corrected chi connectivity index (χ1v) is 11.4. The van der Waals surface area contributed by atoms with Crippen LogP contribution >= 0.6 is 0 Å². The van der Waals surface area contributed by atoms with Gasteiger partial charge in [-0.15, -0.1) is 0 Å². The fraction of sp³-hybridized carbons (Fsp3) is 0.385. The van der Waals surface area contributed by atoms with Crippen LogP contribution in [0.1, 0.15) is 36.8 Å². The van der Waals surface area contributed by atoms with Gasteiger partial charge in [0, 0.05) is 36.5 Å². The largest absolute Gasteiger partial charge is 0.481 e. The molecule has 0 amide bonds. The van der Waals surface area contributed by atoms with E-state index in [0.29, 0.717) is 24.4 Å². The molecule has 2 aromatic heterocycles. The number of ether oxygens (including phenoxy) is 1. The number of benzene rings is 1. The van der Waals surface area contributed by atoms with Crippen molar-refractivity contribution in [3.05, 3.63) is 71.4 Å². The van der Waals surface area contributed by atoms with Crippen LogP contribution in [0.2, 0.25) is 0 Å². The van der Waals surface area contributed by atoms with E-state index in [1.165, 1.54) is 6.07 Å². The van der Waals surface area contributed by atoms with Crippen LogP contribution in [0.3, 0.4) is 0 Å². The second-order valence-corrected chi connectivity index (χ2v) is 8.65. The topological polar surface area (TPSA) is 73.1 Å². The molecule has 0 spiro atoms. The zero-order valence-corrected chi connectivity index (χ0v) is 18.8. The van der Waals surface area contributed by atoms with Crippen molar-refractivity contribution in [3.8, 4) is 5.88 Å². The van der Waals surface area contributed by atoms with Crippen LogP contribution in [0.25, 0.3) is 17.1 Å². The summed E-state index contributed by atoms with van der Waals surface area (Å²) in [7, 11) is 1.61. The maximum atomic E-state index is 13.7. The lowest BCUT2D eigenvalue weighted by molar-refractivity contribution is 0.261. The van der Waals surface area contributed by atoms with Crippen LogP contribution in [0.15, 0.2) is 48.7 Å². The van der Waals surface area contributed by atoms with Crippen molar-refractivity contribution in [2.45, 2.75) is 44.2 Å². The van der Waals surface area contributed by atoms with Crippen molar-refractivity contribution in [2.75, 3.05) is 13.7 Å². The monoisotopic (exact) mass is 452 g/mol. The van der Waals surface area contributed by atoms with Gasteiger partial charge in [-0.25, -0.2) is 13.8 Å². The molecular formula is C26H30F2N4O. The second kappa shape index (κ2) is 10.8. The highest BCUT2D eigenvalue weighted by Crippen LogP contribution is 2.29. The smallest absolute Gasteiger partial charge is 0.213 e. The van der Waals surface area contributed by atoms with Gasteiger partial charge < -0.3 is 15.8 Å². The predicted molar refractivity (Wildman–Crippen MR) is 127 cm³/mol. The Morgan fingerprint density at radius 2 is 1.97 bits per heavy atom. The predicted octanol–water partition coefficient (Wildman–Crippen LogP) is 4.65. The average molecular weight is 453 g/mol. The molecule has 0 bridgehead atoms. The first-order valence-electron chi connectivity index (χ1n) is 11.4. The Balaban J connectivity index is 1.27. The number of pyridine rings is 2. The lowest BCUT2D eigenvalue weighted by atomic mass is 9.80. The van der Waals surface area contributed by atoms with Crippen LogP contribution in [-0.2, 0) is 6.42 Å². The van der Waals surface area contributed by atoms with Gasteiger partial charge in [-0.1, -0.05) is 12.2 Å². The fourth-order valence-corrected chi connectivity index (χ4v) is 4.57. The third-order valence-corrected chi connectivity index (χ3v) is 6.46. The van der Waals surface area contributed by atoms with Crippen molar-refractivity contribution in [1.82, 2.24) is 15.3 Å². The number of methoxy groups -OCH3 is 1. The molecule has 1 fully saturated rings. The molecule has 0 radical (unpaired) electrons. The average Bonchev–Trinajstić information content (AvgIpc) is 2.84. The summed E-state index contributed by atoms with van der Waals surface area (Å²) in [6, 6.07) is 9.67. The first-order chi connectivity index (χ1) is 16.0. The number of hydrogen-bond acceptors (Lipinski definition) is 5. The number of nitrogens with two attached hydrogens (primary N) is 1. The maximum Gasteiger partial charge on any atom is 0.213 e. The molecule has 1 aliphatic rings. The van der Waals surface area contributed by atoms with E-state index in [9.17, 15) is 8.78 Å². The molecule has 2 heterocycles. The summed E-state index contributed by atoms with van der Waals surface area (Å²) in [6.07, 6.45) is 10.2. The van der Waals surface area contributed by atoms with Crippen molar-refractivity contribution in [3.63, 3.8) is 0 Å². The Kier molecular flexibility index (Phi) is 7.62. The fourth-order valence-electron chi connectivity index (χ4n) is 4.57. The van der Waals surface area contributed by atoms with Gasteiger partial charge in [0.1, 0.15) is 11.6 Å². The Morgan fingerprint density at radius 3 is 2.76 bits per heavy atom. The van der Waals surface area contributed by atoms with E-state index in [2.05, 4.69) is 15.3 Å². The molecule has 5 nitrogen and oxygen atoms in total. The van der Waals surface area contributed by atoms with Gasteiger partial charge in [0.15, 0.2) is 0 Å². The molecule has 33 heavy (non-hydrogen) atoms. The molecule has 174 valence electrons. The van der Waals surface area contributed by atoms with E-state index in [4.69, 9.17) is 10.5 Å². The van der Waals surface area contributed by atoms with E-state index < -0.39 is 11.6 Å². The van der Waals surface area contributed by atoms with Gasteiger partial charge in [0.2, 0.25) is 5.88 Å². The van der Waals surface area contributed by atoms with Crippen LogP contribution in [0.4, 0.5) is 8.78 Å². The number of hydrogen-bond donors (Lipinski definition) is 2. The molecule has 1 unspecified atom stereocenters. The molecule has 1 atom stereocenters. The van der Waals surface area contributed by atoms with Gasteiger partial charge in [0.25, 0.3) is 0 Å².